The van der Waals surface area contributed by atoms with Crippen molar-refractivity contribution in [1.29, 1.82) is 0 Å². The number of rotatable bonds is 7. The van der Waals surface area contributed by atoms with E-state index >= 15 is 0 Å². The lowest BCUT2D eigenvalue weighted by molar-refractivity contribution is 0.0171. The Morgan fingerprint density at radius 1 is 1.29 bits per heavy atom. The van der Waals surface area contributed by atoms with E-state index in [1.807, 2.05) is 18.2 Å². The third-order valence-corrected chi connectivity index (χ3v) is 4.34. The molecule has 2 atom stereocenters. The maximum atomic E-state index is 6.01. The van der Waals surface area contributed by atoms with Crippen LogP contribution in [0.1, 0.15) is 37.3 Å². The van der Waals surface area contributed by atoms with Crippen molar-refractivity contribution >= 4 is 5.96 Å². The highest BCUT2D eigenvalue weighted by Crippen LogP contribution is 2.31. The number of nitrogens with two attached hydrogens (primary N) is 1. The fourth-order valence-corrected chi connectivity index (χ4v) is 3.07. The van der Waals surface area contributed by atoms with Crippen molar-refractivity contribution in [2.75, 3.05) is 33.0 Å². The first-order chi connectivity index (χ1) is 11.8. The van der Waals surface area contributed by atoms with Gasteiger partial charge in [0, 0.05) is 31.7 Å². The molecule has 2 aliphatic rings. The van der Waals surface area contributed by atoms with E-state index in [9.17, 15) is 0 Å². The number of fused-ring (bicyclic) bond motifs is 1. The molecule has 3 N–H and O–H groups in total. The Balaban J connectivity index is 1.36. The second kappa shape index (κ2) is 8.89. The van der Waals surface area contributed by atoms with Gasteiger partial charge in [-0.05, 0) is 25.3 Å². The molecular weight excluding hydrogens is 306 g/mol. The Labute approximate surface area is 143 Å². The van der Waals surface area contributed by atoms with Crippen molar-refractivity contribution in [1.82, 2.24) is 5.32 Å². The summed E-state index contributed by atoms with van der Waals surface area (Å²) in [6.45, 7) is 3.61. The highest BCUT2D eigenvalue weighted by atomic mass is 16.5. The third kappa shape index (κ3) is 4.85. The smallest absolute Gasteiger partial charge is 0.189 e. The molecule has 132 valence electrons. The van der Waals surface area contributed by atoms with Crippen LogP contribution in [0.4, 0.5) is 0 Å². The van der Waals surface area contributed by atoms with Crippen LogP contribution in [0.2, 0.25) is 0 Å². The normalized spacial score (nSPS) is 23.6. The van der Waals surface area contributed by atoms with Gasteiger partial charge in [-0.1, -0.05) is 18.2 Å². The van der Waals surface area contributed by atoms with Crippen LogP contribution in [0.3, 0.4) is 0 Å². The van der Waals surface area contributed by atoms with Gasteiger partial charge in [-0.3, -0.25) is 4.99 Å². The number of guanidine groups is 1. The van der Waals surface area contributed by atoms with Crippen LogP contribution in [-0.2, 0) is 9.47 Å². The summed E-state index contributed by atoms with van der Waals surface area (Å²) >= 11 is 0. The van der Waals surface area contributed by atoms with E-state index in [-0.39, 0.29) is 12.1 Å². The molecule has 6 heteroatoms. The van der Waals surface area contributed by atoms with Crippen LogP contribution in [0.5, 0.6) is 5.75 Å². The Morgan fingerprint density at radius 3 is 3.08 bits per heavy atom. The molecule has 1 aromatic carbocycles. The van der Waals surface area contributed by atoms with Gasteiger partial charge in [0.15, 0.2) is 5.96 Å². The van der Waals surface area contributed by atoms with Crippen LogP contribution in [0, 0.1) is 0 Å². The Morgan fingerprint density at radius 2 is 2.21 bits per heavy atom. The van der Waals surface area contributed by atoms with Gasteiger partial charge in [-0.15, -0.1) is 0 Å². The summed E-state index contributed by atoms with van der Waals surface area (Å²) in [5.41, 5.74) is 7.15. The molecule has 24 heavy (non-hydrogen) atoms. The van der Waals surface area contributed by atoms with Crippen molar-refractivity contribution in [2.45, 2.75) is 37.8 Å². The molecule has 3 rings (SSSR count). The topological polar surface area (TPSA) is 78.1 Å². The van der Waals surface area contributed by atoms with Crippen LogP contribution in [0.25, 0.3) is 0 Å². The van der Waals surface area contributed by atoms with Gasteiger partial charge in [-0.2, -0.15) is 0 Å². The number of hydrogen-bond acceptors (Lipinski definition) is 4. The molecule has 0 spiro atoms. The molecule has 0 aliphatic carbocycles. The molecule has 1 saturated heterocycles. The molecule has 0 saturated carbocycles. The predicted octanol–water partition coefficient (Wildman–Crippen LogP) is 2.00. The number of nitrogens with zero attached hydrogens (tertiary/aromatic N) is 1. The fourth-order valence-electron chi connectivity index (χ4n) is 3.07. The van der Waals surface area contributed by atoms with E-state index in [0.717, 1.165) is 43.6 Å². The lowest BCUT2D eigenvalue weighted by Gasteiger charge is -2.26. The van der Waals surface area contributed by atoms with Crippen molar-refractivity contribution in [2.24, 2.45) is 10.7 Å². The summed E-state index contributed by atoms with van der Waals surface area (Å²) in [7, 11) is 0. The number of nitrogens with one attached hydrogen (secondary N) is 1. The van der Waals surface area contributed by atoms with Gasteiger partial charge in [0.05, 0.1) is 25.4 Å². The summed E-state index contributed by atoms with van der Waals surface area (Å²) in [5.74, 6) is 1.41. The molecular formula is C18H27N3O3. The van der Waals surface area contributed by atoms with E-state index in [1.54, 1.807) is 0 Å². The second-order valence-electron chi connectivity index (χ2n) is 6.20. The molecule has 1 aromatic rings. The summed E-state index contributed by atoms with van der Waals surface area (Å²) in [5, 5.41) is 3.30. The van der Waals surface area contributed by atoms with Crippen LogP contribution < -0.4 is 15.8 Å². The zero-order chi connectivity index (χ0) is 16.6. The molecule has 2 heterocycles. The average molecular weight is 333 g/mol. The zero-order valence-electron chi connectivity index (χ0n) is 14.1. The SMILES string of the molecule is NC(=NCCCOCC1CCCO1)NC1CCOc2ccccc21. The third-order valence-electron chi connectivity index (χ3n) is 4.34. The van der Waals surface area contributed by atoms with Crippen LogP contribution >= 0.6 is 0 Å². The lowest BCUT2D eigenvalue weighted by Crippen LogP contribution is -2.37. The number of hydrogen-bond donors (Lipinski definition) is 2. The van der Waals surface area contributed by atoms with E-state index in [2.05, 4.69) is 16.4 Å². The van der Waals surface area contributed by atoms with Crippen LogP contribution in [0.15, 0.2) is 29.3 Å². The Hall–Kier alpha value is -1.79. The predicted molar refractivity (Wildman–Crippen MR) is 93.3 cm³/mol. The molecule has 0 amide bonds. The standard InChI is InChI=1S/C18H27N3O3/c19-18(20-9-4-10-22-13-14-5-3-11-23-14)21-16-8-12-24-17-7-2-1-6-15(16)17/h1-2,6-7,14,16H,3-5,8-13H2,(H3,19,20,21). The van der Waals surface area contributed by atoms with E-state index in [0.29, 0.717) is 32.3 Å². The maximum Gasteiger partial charge on any atom is 0.189 e. The minimum Gasteiger partial charge on any atom is -0.493 e. The minimum absolute atomic E-state index is 0.162. The number of para-hydroxylation sites is 1. The molecule has 0 bridgehead atoms. The van der Waals surface area contributed by atoms with Gasteiger partial charge in [0.1, 0.15) is 5.75 Å². The zero-order valence-corrected chi connectivity index (χ0v) is 14.1. The Kier molecular flexibility index (Phi) is 6.32. The maximum absolute atomic E-state index is 6.01. The molecule has 2 aliphatic heterocycles. The van der Waals surface area contributed by atoms with E-state index < -0.39 is 0 Å². The van der Waals surface area contributed by atoms with Gasteiger partial charge in [0.25, 0.3) is 0 Å². The summed E-state index contributed by atoms with van der Waals surface area (Å²) in [6, 6.07) is 8.21. The van der Waals surface area contributed by atoms with Crippen LogP contribution in [-0.4, -0.2) is 45.0 Å². The summed E-state index contributed by atoms with van der Waals surface area (Å²) in [6.07, 6.45) is 4.29. The monoisotopic (exact) mass is 333 g/mol. The first kappa shape index (κ1) is 17.0. The largest absolute Gasteiger partial charge is 0.493 e. The van der Waals surface area contributed by atoms with E-state index in [1.165, 1.54) is 0 Å². The number of aliphatic imine (C=N–C) groups is 1. The number of benzene rings is 1. The van der Waals surface area contributed by atoms with Crippen molar-refractivity contribution < 1.29 is 14.2 Å². The van der Waals surface area contributed by atoms with Crippen molar-refractivity contribution in [3.05, 3.63) is 29.8 Å². The van der Waals surface area contributed by atoms with Gasteiger partial charge >= 0.3 is 0 Å². The highest BCUT2D eigenvalue weighted by Gasteiger charge is 2.21. The lowest BCUT2D eigenvalue weighted by atomic mass is 10.0. The molecule has 2 unspecified atom stereocenters. The fraction of sp³-hybridized carbons (Fsp3) is 0.611. The summed E-state index contributed by atoms with van der Waals surface area (Å²) in [4.78, 5) is 4.39. The Bertz CT molecular complexity index is 544. The highest BCUT2D eigenvalue weighted by molar-refractivity contribution is 5.78. The number of ether oxygens (including phenoxy) is 3. The van der Waals surface area contributed by atoms with Gasteiger partial charge < -0.3 is 25.3 Å². The van der Waals surface area contributed by atoms with Gasteiger partial charge in [0.2, 0.25) is 0 Å². The molecule has 6 nitrogen and oxygen atoms in total. The van der Waals surface area contributed by atoms with Crippen molar-refractivity contribution in [3.8, 4) is 5.75 Å². The summed E-state index contributed by atoms with van der Waals surface area (Å²) < 4.78 is 16.8. The first-order valence-electron chi connectivity index (χ1n) is 8.80. The second-order valence-corrected chi connectivity index (χ2v) is 6.20. The van der Waals surface area contributed by atoms with Gasteiger partial charge in [-0.25, -0.2) is 0 Å². The quantitative estimate of drug-likeness (QED) is 0.453. The molecule has 1 fully saturated rings. The molecule has 0 aromatic heterocycles. The van der Waals surface area contributed by atoms with E-state index in [4.69, 9.17) is 19.9 Å². The molecule has 0 radical (unpaired) electrons. The van der Waals surface area contributed by atoms with Crippen molar-refractivity contribution in [3.63, 3.8) is 0 Å². The first-order valence-corrected chi connectivity index (χ1v) is 8.80. The average Bonchev–Trinajstić information content (AvgIpc) is 3.12. The minimum atomic E-state index is 0.162.